The SMILES string of the molecule is CC(CN1CCOCC1)Oc1ccnc2c1ncc1cccn12. The second-order valence-corrected chi connectivity index (χ2v) is 5.88. The van der Waals surface area contributed by atoms with Crippen LogP contribution in [0.25, 0.3) is 16.7 Å². The van der Waals surface area contributed by atoms with Crippen molar-refractivity contribution in [3.8, 4) is 5.75 Å². The number of aromatic nitrogens is 3. The maximum atomic E-state index is 6.16. The van der Waals surface area contributed by atoms with E-state index in [1.54, 1.807) is 6.20 Å². The fourth-order valence-corrected chi connectivity index (χ4v) is 3.04. The molecule has 0 N–H and O–H groups in total. The highest BCUT2D eigenvalue weighted by atomic mass is 16.5. The zero-order valence-electron chi connectivity index (χ0n) is 13.2. The predicted molar refractivity (Wildman–Crippen MR) is 87.8 cm³/mol. The van der Waals surface area contributed by atoms with Crippen LogP contribution in [0, 0.1) is 0 Å². The Morgan fingerprint density at radius 1 is 1.26 bits per heavy atom. The number of hydrogen-bond acceptors (Lipinski definition) is 5. The lowest BCUT2D eigenvalue weighted by Crippen LogP contribution is -2.41. The van der Waals surface area contributed by atoms with Gasteiger partial charge < -0.3 is 9.47 Å². The first-order valence-corrected chi connectivity index (χ1v) is 7.99. The van der Waals surface area contributed by atoms with Gasteiger partial charge in [-0.1, -0.05) is 0 Å². The molecule has 4 heterocycles. The first-order chi connectivity index (χ1) is 11.3. The molecule has 0 saturated carbocycles. The third kappa shape index (κ3) is 2.87. The number of hydrogen-bond donors (Lipinski definition) is 0. The summed E-state index contributed by atoms with van der Waals surface area (Å²) >= 11 is 0. The van der Waals surface area contributed by atoms with Crippen LogP contribution < -0.4 is 4.74 Å². The van der Waals surface area contributed by atoms with E-state index in [1.807, 2.05) is 35.0 Å². The predicted octanol–water partition coefficient (Wildman–Crippen LogP) is 1.98. The molecule has 6 nitrogen and oxygen atoms in total. The number of ether oxygens (including phenoxy) is 2. The Kier molecular flexibility index (Phi) is 3.85. The van der Waals surface area contributed by atoms with E-state index in [4.69, 9.17) is 9.47 Å². The van der Waals surface area contributed by atoms with Crippen LogP contribution in [0.2, 0.25) is 0 Å². The summed E-state index contributed by atoms with van der Waals surface area (Å²) in [6, 6.07) is 5.90. The van der Waals surface area contributed by atoms with E-state index in [0.29, 0.717) is 0 Å². The van der Waals surface area contributed by atoms with Gasteiger partial charge in [0.2, 0.25) is 0 Å². The first-order valence-electron chi connectivity index (χ1n) is 7.99. The molecule has 0 aliphatic carbocycles. The Morgan fingerprint density at radius 3 is 3.00 bits per heavy atom. The normalized spacial score (nSPS) is 17.6. The minimum absolute atomic E-state index is 0.0841. The van der Waals surface area contributed by atoms with Crippen molar-refractivity contribution in [2.24, 2.45) is 0 Å². The quantitative estimate of drug-likeness (QED) is 0.737. The molecule has 3 aromatic rings. The average molecular weight is 312 g/mol. The molecule has 1 saturated heterocycles. The summed E-state index contributed by atoms with van der Waals surface area (Å²) in [7, 11) is 0. The highest BCUT2D eigenvalue weighted by Gasteiger charge is 2.16. The molecule has 3 aromatic heterocycles. The maximum absolute atomic E-state index is 6.16. The number of rotatable bonds is 4. The Bertz CT molecular complexity index is 811. The van der Waals surface area contributed by atoms with Crippen LogP contribution in [-0.4, -0.2) is 58.2 Å². The molecule has 1 atom stereocenters. The van der Waals surface area contributed by atoms with Crippen molar-refractivity contribution in [2.45, 2.75) is 13.0 Å². The fourth-order valence-electron chi connectivity index (χ4n) is 3.04. The zero-order chi connectivity index (χ0) is 15.6. The lowest BCUT2D eigenvalue weighted by Gasteiger charge is -2.29. The monoisotopic (exact) mass is 312 g/mol. The highest BCUT2D eigenvalue weighted by molar-refractivity contribution is 5.80. The van der Waals surface area contributed by atoms with Crippen molar-refractivity contribution in [1.29, 1.82) is 0 Å². The summed E-state index contributed by atoms with van der Waals surface area (Å²) in [6.07, 6.45) is 5.71. The van der Waals surface area contributed by atoms with Gasteiger partial charge in [0.05, 0.1) is 24.9 Å². The van der Waals surface area contributed by atoms with Gasteiger partial charge in [-0.15, -0.1) is 0 Å². The Balaban J connectivity index is 1.58. The van der Waals surface area contributed by atoms with Crippen LogP contribution in [0.5, 0.6) is 5.75 Å². The Hall–Kier alpha value is -2.18. The third-order valence-electron chi connectivity index (χ3n) is 4.15. The van der Waals surface area contributed by atoms with Gasteiger partial charge in [0.25, 0.3) is 0 Å². The summed E-state index contributed by atoms with van der Waals surface area (Å²) in [5, 5.41) is 0. The van der Waals surface area contributed by atoms with Crippen molar-refractivity contribution in [3.63, 3.8) is 0 Å². The molecular formula is C17H20N4O2. The maximum Gasteiger partial charge on any atom is 0.167 e. The number of pyridine rings is 1. The molecule has 0 aromatic carbocycles. The molecule has 4 rings (SSSR count). The van der Waals surface area contributed by atoms with Gasteiger partial charge in [-0.25, -0.2) is 9.97 Å². The number of morpholine rings is 1. The lowest BCUT2D eigenvalue weighted by molar-refractivity contribution is 0.0220. The third-order valence-corrected chi connectivity index (χ3v) is 4.15. The van der Waals surface area contributed by atoms with Crippen molar-refractivity contribution >= 4 is 16.7 Å². The fraction of sp³-hybridized carbons (Fsp3) is 0.412. The second-order valence-electron chi connectivity index (χ2n) is 5.88. The van der Waals surface area contributed by atoms with Gasteiger partial charge >= 0.3 is 0 Å². The summed E-state index contributed by atoms with van der Waals surface area (Å²) in [6.45, 7) is 6.52. The molecule has 6 heteroatoms. The minimum Gasteiger partial charge on any atom is -0.487 e. The summed E-state index contributed by atoms with van der Waals surface area (Å²) in [4.78, 5) is 11.4. The largest absolute Gasteiger partial charge is 0.487 e. The molecule has 0 spiro atoms. The van der Waals surface area contributed by atoms with Crippen molar-refractivity contribution in [1.82, 2.24) is 19.3 Å². The van der Waals surface area contributed by atoms with Crippen LogP contribution in [0.1, 0.15) is 6.92 Å². The molecule has 1 aliphatic heterocycles. The summed E-state index contributed by atoms with van der Waals surface area (Å²) in [5.74, 6) is 0.784. The van der Waals surface area contributed by atoms with E-state index in [9.17, 15) is 0 Å². The minimum atomic E-state index is 0.0841. The molecule has 1 aliphatic rings. The van der Waals surface area contributed by atoms with Gasteiger partial charge in [0.1, 0.15) is 11.6 Å². The van der Waals surface area contributed by atoms with E-state index < -0.39 is 0 Å². The van der Waals surface area contributed by atoms with E-state index in [0.717, 1.165) is 55.3 Å². The average Bonchev–Trinajstić information content (AvgIpc) is 3.05. The van der Waals surface area contributed by atoms with E-state index in [-0.39, 0.29) is 6.10 Å². The molecule has 0 bridgehead atoms. The van der Waals surface area contributed by atoms with Crippen LogP contribution in [0.4, 0.5) is 0 Å². The Labute approximate surface area is 134 Å². The van der Waals surface area contributed by atoms with E-state index >= 15 is 0 Å². The molecule has 1 unspecified atom stereocenters. The van der Waals surface area contributed by atoms with Crippen LogP contribution in [-0.2, 0) is 4.74 Å². The number of fused-ring (bicyclic) bond motifs is 3. The van der Waals surface area contributed by atoms with Gasteiger partial charge in [-0.2, -0.15) is 0 Å². The van der Waals surface area contributed by atoms with Crippen molar-refractivity contribution in [3.05, 3.63) is 36.8 Å². The standard InChI is InChI=1S/C17H20N4O2/c1-13(12-20-7-9-22-10-8-20)23-15-4-5-18-17-16(15)19-11-14-3-2-6-21(14)17/h2-6,11,13H,7-10,12H2,1H3. The molecule has 0 amide bonds. The van der Waals surface area contributed by atoms with Crippen LogP contribution in [0.3, 0.4) is 0 Å². The topological polar surface area (TPSA) is 51.9 Å². The number of nitrogens with zero attached hydrogens (tertiary/aromatic N) is 4. The van der Waals surface area contributed by atoms with E-state index in [1.165, 1.54) is 0 Å². The molecule has 120 valence electrons. The first kappa shape index (κ1) is 14.4. The molecule has 23 heavy (non-hydrogen) atoms. The smallest absolute Gasteiger partial charge is 0.167 e. The molecule has 0 radical (unpaired) electrons. The van der Waals surface area contributed by atoms with Crippen molar-refractivity contribution < 1.29 is 9.47 Å². The van der Waals surface area contributed by atoms with Gasteiger partial charge in [-0.05, 0) is 19.1 Å². The van der Waals surface area contributed by atoms with Crippen LogP contribution in [0.15, 0.2) is 36.8 Å². The van der Waals surface area contributed by atoms with E-state index in [2.05, 4.69) is 21.8 Å². The molecular weight excluding hydrogens is 292 g/mol. The highest BCUT2D eigenvalue weighted by Crippen LogP contribution is 2.24. The zero-order valence-corrected chi connectivity index (χ0v) is 13.2. The second kappa shape index (κ2) is 6.14. The van der Waals surface area contributed by atoms with Gasteiger partial charge in [-0.3, -0.25) is 9.30 Å². The van der Waals surface area contributed by atoms with Crippen molar-refractivity contribution in [2.75, 3.05) is 32.8 Å². The van der Waals surface area contributed by atoms with Crippen LogP contribution >= 0.6 is 0 Å². The summed E-state index contributed by atoms with van der Waals surface area (Å²) in [5.41, 5.74) is 2.65. The molecule has 1 fully saturated rings. The lowest BCUT2D eigenvalue weighted by atomic mass is 10.3. The van der Waals surface area contributed by atoms with Gasteiger partial charge in [0, 0.05) is 38.1 Å². The summed E-state index contributed by atoms with van der Waals surface area (Å²) < 4.78 is 13.6. The van der Waals surface area contributed by atoms with Gasteiger partial charge in [0.15, 0.2) is 11.4 Å². The Morgan fingerprint density at radius 2 is 2.13 bits per heavy atom.